The van der Waals surface area contributed by atoms with E-state index in [2.05, 4.69) is 43.2 Å². The van der Waals surface area contributed by atoms with Crippen molar-refractivity contribution in [2.24, 2.45) is 16.6 Å². The van der Waals surface area contributed by atoms with Gasteiger partial charge in [0.05, 0.1) is 23.3 Å². The number of alkyl halides is 4. The zero-order chi connectivity index (χ0) is 62.8. The van der Waals surface area contributed by atoms with Gasteiger partial charge in [-0.25, -0.2) is 9.97 Å². The molecule has 5 heterocycles. The Labute approximate surface area is 506 Å². The Balaban J connectivity index is 0.000000197. The molecule has 4 aliphatic rings. The summed E-state index contributed by atoms with van der Waals surface area (Å²) < 4.78 is 38.6. The van der Waals surface area contributed by atoms with Gasteiger partial charge in [0.15, 0.2) is 11.7 Å². The number of amides is 4. The first-order valence-corrected chi connectivity index (χ1v) is 28.6. The molecule has 0 unspecified atom stereocenters. The maximum absolute atomic E-state index is 12.9. The number of hydrogen-bond acceptors (Lipinski definition) is 12. The fraction of sp³-hybridized carbons (Fsp3) is 0.317. The van der Waals surface area contributed by atoms with Gasteiger partial charge in [0, 0.05) is 113 Å². The molecule has 4 saturated heterocycles. The second-order valence-electron chi connectivity index (χ2n) is 20.2. The van der Waals surface area contributed by atoms with Gasteiger partial charge in [0.25, 0.3) is 5.97 Å². The predicted octanol–water partition coefficient (Wildman–Crippen LogP) is 9.81. The van der Waals surface area contributed by atoms with Gasteiger partial charge in [-0.1, -0.05) is 118 Å². The summed E-state index contributed by atoms with van der Waals surface area (Å²) in [6.07, 6.45) is 1.83. The fourth-order valence-electron chi connectivity index (χ4n) is 8.95. The standard InChI is InChI=1S/C17H16F3N3O.C12H15N3O2.C12H15N3O.C12H12N2O.C8H6BrN.C2H4O2/c1-11-9-14(17(18,19)20)22-16(21-11)13-6-4-12(5-7-13)10-23-8-2-3-15(23)24;13-12(14-17)10-5-3-9(4-6-10)8-15-7-1-2-11(15)16;13-12(14)10-5-3-9(4-6-10)8-15-7-1-2-11(15)16;13-8-10-3-5-11(6-4-10)9-14-7-1-2-12(14)15;9-5-7-1-3-8(6-10)4-2-7;1-2(3)4/h4-7,9H,2-3,8,10H2,1H3;3-6,17H,1-2,7-8H2,(H2,13,14);3-6H,1-2,7-8H2,(H3,13,14);3-6H,1-2,7,9H2;1-4H,5H2;1H3,(H,3,4). The van der Waals surface area contributed by atoms with Crippen LogP contribution in [0.25, 0.3) is 11.4 Å². The first-order valence-electron chi connectivity index (χ1n) is 27.5. The van der Waals surface area contributed by atoms with E-state index < -0.39 is 17.8 Å². The largest absolute Gasteiger partial charge is 0.481 e. The van der Waals surface area contributed by atoms with Gasteiger partial charge in [-0.05, 0) is 90.8 Å². The van der Waals surface area contributed by atoms with E-state index in [4.69, 9.17) is 42.5 Å². The van der Waals surface area contributed by atoms with Crippen LogP contribution < -0.4 is 11.5 Å². The molecule has 4 fully saturated rings. The number of rotatable bonds is 12. The summed E-state index contributed by atoms with van der Waals surface area (Å²) in [6, 6.07) is 41.7. The van der Waals surface area contributed by atoms with Crippen molar-refractivity contribution in [3.63, 3.8) is 0 Å². The molecule has 0 atom stereocenters. The molecule has 19 nitrogen and oxygen atoms in total. The number of carbonyl (C=O) groups excluding carboxylic acids is 4. The monoisotopic (exact) mass is 1240 g/mol. The summed E-state index contributed by atoms with van der Waals surface area (Å²) >= 11 is 3.32. The number of aliphatic carboxylic acids is 1. The van der Waals surface area contributed by atoms with E-state index in [1.165, 1.54) is 12.5 Å². The highest BCUT2D eigenvalue weighted by Crippen LogP contribution is 2.30. The quantitative estimate of drug-likeness (QED) is 0.0251. The lowest BCUT2D eigenvalue weighted by Crippen LogP contribution is -2.23. The number of nitriles is 2. The van der Waals surface area contributed by atoms with Crippen LogP contribution in [0.15, 0.2) is 133 Å². The van der Waals surface area contributed by atoms with Crippen LogP contribution in [-0.2, 0) is 61.7 Å². The number of nitrogens with zero attached hydrogens (tertiary/aromatic N) is 9. The van der Waals surface area contributed by atoms with Gasteiger partial charge in [-0.3, -0.25) is 29.4 Å². The van der Waals surface area contributed by atoms with Crippen LogP contribution in [-0.4, -0.2) is 107 Å². The second-order valence-corrected chi connectivity index (χ2v) is 20.7. The average Bonchev–Trinajstić information content (AvgIpc) is 4.37. The molecule has 1 aromatic heterocycles. The maximum atomic E-state index is 12.9. The summed E-state index contributed by atoms with van der Waals surface area (Å²) in [5.41, 5.74) is 18.8. The van der Waals surface area contributed by atoms with Crippen molar-refractivity contribution in [3.05, 3.63) is 189 Å². The Bertz CT molecular complexity index is 3370. The second kappa shape index (κ2) is 33.7. The lowest BCUT2D eigenvalue weighted by molar-refractivity contribution is -0.141. The zero-order valence-electron chi connectivity index (χ0n) is 47.8. The minimum absolute atomic E-state index is 0.0473. The number of aryl methyl sites for hydroxylation is 1. The molecular weight excluding hydrogens is 1170 g/mol. The lowest BCUT2D eigenvalue weighted by atomic mass is 10.1. The normalized spacial score (nSPS) is 14.4. The van der Waals surface area contributed by atoms with Crippen LogP contribution in [0.2, 0.25) is 0 Å². The Morgan fingerprint density at radius 2 is 0.930 bits per heavy atom. The molecule has 86 heavy (non-hydrogen) atoms. The van der Waals surface area contributed by atoms with E-state index in [1.54, 1.807) is 53.4 Å². The van der Waals surface area contributed by atoms with Gasteiger partial charge < -0.3 is 41.4 Å². The summed E-state index contributed by atoms with van der Waals surface area (Å²) in [5, 5.41) is 44.1. The third kappa shape index (κ3) is 22.3. The maximum Gasteiger partial charge on any atom is 0.433 e. The van der Waals surface area contributed by atoms with Crippen molar-refractivity contribution in [1.29, 1.82) is 15.9 Å². The molecule has 7 N–H and O–H groups in total. The molecule has 0 saturated carbocycles. The first kappa shape index (κ1) is 67.3. The van der Waals surface area contributed by atoms with Crippen molar-refractivity contribution in [2.75, 3.05) is 26.2 Å². The van der Waals surface area contributed by atoms with Crippen LogP contribution in [0, 0.1) is 35.0 Å². The topological polar surface area (TPSA) is 300 Å². The van der Waals surface area contributed by atoms with Crippen molar-refractivity contribution in [3.8, 4) is 23.5 Å². The number of halogens is 4. The summed E-state index contributed by atoms with van der Waals surface area (Å²) in [7, 11) is 0. The number of nitrogens with two attached hydrogens (primary N) is 2. The van der Waals surface area contributed by atoms with Crippen LogP contribution >= 0.6 is 15.9 Å². The molecule has 23 heteroatoms. The number of carboxylic acid groups (broad SMARTS) is 1. The molecule has 5 aromatic carbocycles. The number of hydrogen-bond donors (Lipinski definition) is 5. The molecule has 0 spiro atoms. The Kier molecular flexibility index (Phi) is 26.4. The molecule has 4 aliphatic heterocycles. The van der Waals surface area contributed by atoms with Crippen LogP contribution in [0.1, 0.15) is 120 Å². The van der Waals surface area contributed by atoms with E-state index in [-0.39, 0.29) is 46.8 Å². The molecule has 0 aliphatic carbocycles. The number of carbonyl (C=O) groups is 5. The molecular formula is C63H68BrF3N12O7. The molecule has 0 bridgehead atoms. The molecule has 6 aromatic rings. The molecule has 10 rings (SSSR count). The number of aromatic nitrogens is 2. The van der Waals surface area contributed by atoms with E-state index in [9.17, 15) is 32.3 Å². The SMILES string of the molecule is CC(=O)O.Cc1cc(C(F)(F)F)nc(-c2ccc(CN3CCCC3=O)cc2)n1.N#Cc1ccc(CBr)cc1.N#Cc1ccc(CN2CCCC2=O)cc1.N/C(=N/O)c1ccc(CN2CCCC2=O)cc1.N=C(N)c1ccc(CN2CCCC2=O)cc1. The van der Waals surface area contributed by atoms with Crippen molar-refractivity contribution < 1.29 is 47.5 Å². The third-order valence-corrected chi connectivity index (χ3v) is 14.1. The highest BCUT2D eigenvalue weighted by atomic mass is 79.9. The summed E-state index contributed by atoms with van der Waals surface area (Å²) in [6.45, 7) is 8.37. The zero-order valence-corrected chi connectivity index (χ0v) is 49.4. The Hall–Kier alpha value is -9.48. The number of benzene rings is 5. The van der Waals surface area contributed by atoms with Crippen LogP contribution in [0.4, 0.5) is 13.2 Å². The van der Waals surface area contributed by atoms with Crippen LogP contribution in [0.3, 0.4) is 0 Å². The number of likely N-dealkylation sites (tertiary alicyclic amines) is 4. The van der Waals surface area contributed by atoms with E-state index >= 15 is 0 Å². The number of amidine groups is 2. The molecule has 4 amide bonds. The predicted molar refractivity (Wildman–Crippen MR) is 320 cm³/mol. The van der Waals surface area contributed by atoms with E-state index in [1.807, 2.05) is 87.5 Å². The van der Waals surface area contributed by atoms with Gasteiger partial charge in [0.2, 0.25) is 23.6 Å². The Morgan fingerprint density at radius 1 is 0.605 bits per heavy atom. The van der Waals surface area contributed by atoms with E-state index in [0.717, 1.165) is 98.0 Å². The van der Waals surface area contributed by atoms with Gasteiger partial charge in [-0.15, -0.1) is 0 Å². The smallest absolute Gasteiger partial charge is 0.433 e. The first-order chi connectivity index (χ1) is 41.1. The van der Waals surface area contributed by atoms with Gasteiger partial charge in [0.1, 0.15) is 11.5 Å². The summed E-state index contributed by atoms with van der Waals surface area (Å²) in [5.74, 6) is 0.195. The number of carboxylic acids is 1. The van der Waals surface area contributed by atoms with Crippen molar-refractivity contribution in [2.45, 2.75) is 103 Å². The molecule has 450 valence electrons. The molecule has 0 radical (unpaired) electrons. The van der Waals surface area contributed by atoms with E-state index in [0.29, 0.717) is 74.1 Å². The fourth-order valence-corrected chi connectivity index (χ4v) is 9.32. The van der Waals surface area contributed by atoms with Gasteiger partial charge >= 0.3 is 6.18 Å². The Morgan fingerprint density at radius 3 is 1.22 bits per heavy atom. The van der Waals surface area contributed by atoms with Crippen molar-refractivity contribution >= 4 is 57.2 Å². The van der Waals surface area contributed by atoms with Crippen LogP contribution in [0.5, 0.6) is 0 Å². The third-order valence-electron chi connectivity index (χ3n) is 13.5. The van der Waals surface area contributed by atoms with Crippen molar-refractivity contribution in [1.82, 2.24) is 29.6 Å². The highest BCUT2D eigenvalue weighted by Gasteiger charge is 2.33. The summed E-state index contributed by atoms with van der Waals surface area (Å²) in [4.78, 5) is 69.9. The minimum Gasteiger partial charge on any atom is -0.481 e. The number of nitrogen functional groups attached to an aromatic ring is 1. The highest BCUT2D eigenvalue weighted by molar-refractivity contribution is 9.08. The number of oxime groups is 1. The minimum atomic E-state index is -4.50. The van der Waals surface area contributed by atoms with Gasteiger partial charge in [-0.2, -0.15) is 23.7 Å². The number of nitrogens with one attached hydrogen (secondary N) is 1. The average molecular weight is 1240 g/mol. The lowest BCUT2D eigenvalue weighted by Gasteiger charge is -2.15.